The molecule has 0 fully saturated rings. The third-order valence-corrected chi connectivity index (χ3v) is 11.2. The lowest BCUT2D eigenvalue weighted by Crippen LogP contribution is -2.01. The first-order valence-corrected chi connectivity index (χ1v) is 18.9. The number of para-hydroxylation sites is 4. The molecule has 7 heteroatoms. The van der Waals surface area contributed by atoms with Crippen molar-refractivity contribution in [1.82, 2.24) is 28.7 Å². The van der Waals surface area contributed by atoms with Crippen molar-refractivity contribution in [2.24, 2.45) is 0 Å². The number of benzene rings is 6. The molecule has 7 nitrogen and oxygen atoms in total. The van der Waals surface area contributed by atoms with Crippen LogP contribution in [0.15, 0.2) is 134 Å². The van der Waals surface area contributed by atoms with Crippen molar-refractivity contribution in [3.63, 3.8) is 0 Å². The number of hydrogen-bond acceptors (Lipinski definition) is 5. The van der Waals surface area contributed by atoms with E-state index in [4.69, 9.17) is 24.7 Å². The van der Waals surface area contributed by atoms with Crippen LogP contribution in [0.3, 0.4) is 0 Å². The molecule has 55 heavy (non-hydrogen) atoms. The van der Waals surface area contributed by atoms with E-state index in [0.29, 0.717) is 17.6 Å². The van der Waals surface area contributed by atoms with Crippen LogP contribution in [0.4, 0.5) is 0 Å². The van der Waals surface area contributed by atoms with Crippen LogP contribution in [0.1, 0.15) is 50.7 Å². The molecule has 0 aliphatic rings. The molecule has 0 atom stereocenters. The second kappa shape index (κ2) is 11.8. The van der Waals surface area contributed by atoms with E-state index in [0.717, 1.165) is 77.3 Å². The standard InChI is InChI=1S/C48H36N6O/c1-27(2)31-11-9-12-32(28(3)4)43(31)35-13-10-18-42-44(35)33-21-19-29(25-36(33)46-51-38-14-5-7-16-40(38)53(42)46)55-30-20-22-34-37(26-30)47-52-39-15-6-8-17-41(39)54(47)48-45(34)49-23-24-50-48/h5-28H,1-4H3. The summed E-state index contributed by atoms with van der Waals surface area (Å²) in [6, 6.07) is 42.7. The number of aromatic nitrogens is 6. The van der Waals surface area contributed by atoms with Crippen LogP contribution in [0.2, 0.25) is 0 Å². The van der Waals surface area contributed by atoms with E-state index in [1.165, 1.54) is 27.6 Å². The molecule has 0 saturated heterocycles. The average Bonchev–Trinajstić information content (AvgIpc) is 3.81. The van der Waals surface area contributed by atoms with Crippen LogP contribution in [0, 0.1) is 0 Å². The molecule has 0 unspecified atom stereocenters. The zero-order valence-corrected chi connectivity index (χ0v) is 30.9. The minimum absolute atomic E-state index is 0.363. The summed E-state index contributed by atoms with van der Waals surface area (Å²) in [4.78, 5) is 19.8. The number of hydrogen-bond donors (Lipinski definition) is 0. The van der Waals surface area contributed by atoms with Gasteiger partial charge in [0.2, 0.25) is 0 Å². The number of imidazole rings is 2. The smallest absolute Gasteiger partial charge is 0.165 e. The highest BCUT2D eigenvalue weighted by molar-refractivity contribution is 6.19. The summed E-state index contributed by atoms with van der Waals surface area (Å²) < 4.78 is 11.2. The zero-order chi connectivity index (χ0) is 36.9. The Morgan fingerprint density at radius 3 is 1.75 bits per heavy atom. The molecule has 0 spiro atoms. The summed E-state index contributed by atoms with van der Waals surface area (Å²) in [5.41, 5.74) is 13.7. The fourth-order valence-electron chi connectivity index (χ4n) is 8.74. The topological polar surface area (TPSA) is 69.6 Å². The fourth-order valence-corrected chi connectivity index (χ4v) is 8.74. The summed E-state index contributed by atoms with van der Waals surface area (Å²) in [7, 11) is 0. The first kappa shape index (κ1) is 31.6. The Morgan fingerprint density at radius 1 is 0.491 bits per heavy atom. The number of pyridine rings is 2. The Balaban J connectivity index is 1.16. The van der Waals surface area contributed by atoms with E-state index in [1.807, 2.05) is 24.3 Å². The minimum Gasteiger partial charge on any atom is -0.457 e. The fraction of sp³-hybridized carbons (Fsp3) is 0.125. The van der Waals surface area contributed by atoms with E-state index < -0.39 is 0 Å². The van der Waals surface area contributed by atoms with Crippen LogP contribution >= 0.6 is 0 Å². The number of ether oxygens (including phenoxy) is 1. The van der Waals surface area contributed by atoms with E-state index in [2.05, 4.69) is 134 Å². The van der Waals surface area contributed by atoms with Gasteiger partial charge in [-0.3, -0.25) is 13.8 Å². The maximum atomic E-state index is 6.77. The van der Waals surface area contributed by atoms with Gasteiger partial charge in [-0.2, -0.15) is 0 Å². The van der Waals surface area contributed by atoms with Gasteiger partial charge in [0.05, 0.1) is 27.6 Å². The normalized spacial score (nSPS) is 12.3. The van der Waals surface area contributed by atoms with Gasteiger partial charge in [-0.15, -0.1) is 0 Å². The van der Waals surface area contributed by atoms with Crippen LogP contribution < -0.4 is 4.74 Å². The van der Waals surface area contributed by atoms with Gasteiger partial charge in [0, 0.05) is 33.9 Å². The van der Waals surface area contributed by atoms with E-state index >= 15 is 0 Å². The van der Waals surface area contributed by atoms with Crippen molar-refractivity contribution < 1.29 is 4.74 Å². The first-order valence-electron chi connectivity index (χ1n) is 18.9. The average molecular weight is 713 g/mol. The Hall–Kier alpha value is -6.86. The predicted octanol–water partition coefficient (Wildman–Crippen LogP) is 12.4. The van der Waals surface area contributed by atoms with Gasteiger partial charge in [-0.25, -0.2) is 15.0 Å². The second-order valence-corrected chi connectivity index (χ2v) is 15.1. The zero-order valence-electron chi connectivity index (χ0n) is 30.9. The molecule has 0 radical (unpaired) electrons. The molecule has 264 valence electrons. The monoisotopic (exact) mass is 712 g/mol. The minimum atomic E-state index is 0.363. The van der Waals surface area contributed by atoms with Gasteiger partial charge in [0.25, 0.3) is 0 Å². The molecule has 0 amide bonds. The SMILES string of the molecule is CC(C)c1cccc(C(C)C)c1-c1cccc2c1c1ccc(Oc3ccc4c(c3)c3nc5ccccc5n3c3nccnc43)cc1c1nc3ccccc3n21. The maximum Gasteiger partial charge on any atom is 0.165 e. The summed E-state index contributed by atoms with van der Waals surface area (Å²) in [6.07, 6.45) is 3.48. The van der Waals surface area contributed by atoms with Crippen molar-refractivity contribution in [2.45, 2.75) is 39.5 Å². The van der Waals surface area contributed by atoms with Crippen molar-refractivity contribution in [3.05, 3.63) is 145 Å². The van der Waals surface area contributed by atoms with E-state index in [-0.39, 0.29) is 0 Å². The van der Waals surface area contributed by atoms with Crippen LogP contribution in [0.5, 0.6) is 11.5 Å². The number of rotatable bonds is 5. The lowest BCUT2D eigenvalue weighted by molar-refractivity contribution is 0.484. The molecule has 11 aromatic rings. The summed E-state index contributed by atoms with van der Waals surface area (Å²) >= 11 is 0. The summed E-state index contributed by atoms with van der Waals surface area (Å²) in [5, 5.41) is 5.31. The van der Waals surface area contributed by atoms with Crippen molar-refractivity contribution >= 4 is 77.0 Å². The van der Waals surface area contributed by atoms with Crippen molar-refractivity contribution in [2.75, 3.05) is 0 Å². The Labute approximate surface area is 316 Å². The first-order chi connectivity index (χ1) is 26.9. The lowest BCUT2D eigenvalue weighted by atomic mass is 9.83. The van der Waals surface area contributed by atoms with Crippen molar-refractivity contribution in [1.29, 1.82) is 0 Å². The third-order valence-electron chi connectivity index (χ3n) is 11.2. The van der Waals surface area contributed by atoms with E-state index in [1.54, 1.807) is 12.4 Å². The summed E-state index contributed by atoms with van der Waals surface area (Å²) in [6.45, 7) is 9.17. The second-order valence-electron chi connectivity index (χ2n) is 15.1. The Morgan fingerprint density at radius 2 is 1.05 bits per heavy atom. The molecule has 0 aliphatic heterocycles. The van der Waals surface area contributed by atoms with Gasteiger partial charge in [0.15, 0.2) is 5.65 Å². The van der Waals surface area contributed by atoms with Crippen LogP contribution in [-0.2, 0) is 0 Å². The van der Waals surface area contributed by atoms with Gasteiger partial charge in [-0.1, -0.05) is 82.3 Å². The molecule has 0 saturated carbocycles. The molecule has 11 rings (SSSR count). The van der Waals surface area contributed by atoms with Crippen molar-refractivity contribution in [3.8, 4) is 22.6 Å². The van der Waals surface area contributed by atoms with Gasteiger partial charge < -0.3 is 4.74 Å². The molecule has 5 aromatic heterocycles. The summed E-state index contributed by atoms with van der Waals surface area (Å²) in [5.74, 6) is 2.17. The molecule has 5 heterocycles. The molecule has 0 aliphatic carbocycles. The van der Waals surface area contributed by atoms with E-state index in [9.17, 15) is 0 Å². The molecule has 0 bridgehead atoms. The van der Waals surface area contributed by atoms with Crippen LogP contribution in [-0.4, -0.2) is 28.7 Å². The molecular weight excluding hydrogens is 677 g/mol. The third kappa shape index (κ3) is 4.62. The maximum absolute atomic E-state index is 6.77. The Bertz CT molecular complexity index is 3350. The molecule has 0 N–H and O–H groups in total. The lowest BCUT2D eigenvalue weighted by Gasteiger charge is -2.22. The number of fused-ring (bicyclic) bond motifs is 16. The van der Waals surface area contributed by atoms with Gasteiger partial charge in [-0.05, 0) is 106 Å². The predicted molar refractivity (Wildman–Crippen MR) is 225 cm³/mol. The highest BCUT2D eigenvalue weighted by atomic mass is 16.5. The molecular formula is C48H36N6O. The highest BCUT2D eigenvalue weighted by Gasteiger charge is 2.22. The van der Waals surface area contributed by atoms with Crippen LogP contribution in [0.25, 0.3) is 88.1 Å². The quantitative estimate of drug-likeness (QED) is 0.166. The van der Waals surface area contributed by atoms with Gasteiger partial charge in [0.1, 0.15) is 28.3 Å². The Kier molecular flexibility index (Phi) is 6.80. The number of nitrogens with zero attached hydrogens (tertiary/aromatic N) is 6. The highest BCUT2D eigenvalue weighted by Crippen LogP contribution is 2.44. The van der Waals surface area contributed by atoms with Gasteiger partial charge >= 0.3 is 0 Å². The largest absolute Gasteiger partial charge is 0.457 e. The molecule has 6 aromatic carbocycles.